The van der Waals surface area contributed by atoms with Crippen LogP contribution in [0.4, 0.5) is 0 Å². The highest BCUT2D eigenvalue weighted by atomic mass is 35.5. The van der Waals surface area contributed by atoms with E-state index in [2.05, 4.69) is 10.3 Å². The molecular formula is C16H19ClN2O2S2. The van der Waals surface area contributed by atoms with E-state index in [9.17, 15) is 9.90 Å². The Morgan fingerprint density at radius 3 is 2.87 bits per heavy atom. The minimum absolute atomic E-state index is 0.0679. The Morgan fingerprint density at radius 1 is 1.48 bits per heavy atom. The first-order chi connectivity index (χ1) is 11.1. The lowest BCUT2D eigenvalue weighted by atomic mass is 10.2. The summed E-state index contributed by atoms with van der Waals surface area (Å²) in [5, 5.41) is 13.6. The highest BCUT2D eigenvalue weighted by Gasteiger charge is 2.19. The summed E-state index contributed by atoms with van der Waals surface area (Å²) in [7, 11) is 0. The van der Waals surface area contributed by atoms with E-state index < -0.39 is 0 Å². The van der Waals surface area contributed by atoms with Gasteiger partial charge in [0.2, 0.25) is 0 Å². The molecule has 0 bridgehead atoms. The second-order valence-electron chi connectivity index (χ2n) is 5.05. The van der Waals surface area contributed by atoms with Crippen LogP contribution in [0.25, 0.3) is 10.6 Å². The Balaban J connectivity index is 2.17. The molecule has 0 fully saturated rings. The number of aliphatic hydroxyl groups excluding tert-OH is 1. The Hall–Kier alpha value is -1.08. The first-order valence-corrected chi connectivity index (χ1v) is 9.78. The molecule has 1 aromatic carbocycles. The molecule has 0 saturated heterocycles. The third-order valence-corrected chi connectivity index (χ3v) is 5.50. The van der Waals surface area contributed by atoms with Gasteiger partial charge in [0.05, 0.1) is 23.4 Å². The lowest BCUT2D eigenvalue weighted by Crippen LogP contribution is -2.37. The highest BCUT2D eigenvalue weighted by Crippen LogP contribution is 2.32. The van der Waals surface area contributed by atoms with Gasteiger partial charge in [-0.2, -0.15) is 11.8 Å². The lowest BCUT2D eigenvalue weighted by Gasteiger charge is -2.15. The number of hydrogen-bond acceptors (Lipinski definition) is 5. The molecule has 0 spiro atoms. The molecule has 0 radical (unpaired) electrons. The number of aryl methyl sites for hydroxylation is 1. The Morgan fingerprint density at radius 2 is 2.22 bits per heavy atom. The molecule has 2 aromatic rings. The quantitative estimate of drug-likeness (QED) is 0.781. The van der Waals surface area contributed by atoms with Gasteiger partial charge >= 0.3 is 0 Å². The molecule has 0 unspecified atom stereocenters. The third-order valence-electron chi connectivity index (χ3n) is 3.33. The van der Waals surface area contributed by atoms with Crippen molar-refractivity contribution >= 4 is 40.6 Å². The molecule has 0 saturated carbocycles. The Labute approximate surface area is 149 Å². The fourth-order valence-corrected chi connectivity index (χ4v) is 3.89. The van der Waals surface area contributed by atoms with Gasteiger partial charge in [0, 0.05) is 5.56 Å². The van der Waals surface area contributed by atoms with Crippen molar-refractivity contribution in [3.05, 3.63) is 39.9 Å². The van der Waals surface area contributed by atoms with Crippen molar-refractivity contribution in [3.8, 4) is 10.6 Å². The fraction of sp³-hybridized carbons (Fsp3) is 0.375. The minimum atomic E-state index is -0.236. The molecule has 0 aliphatic rings. The van der Waals surface area contributed by atoms with Crippen molar-refractivity contribution in [2.24, 2.45) is 0 Å². The van der Waals surface area contributed by atoms with E-state index in [0.29, 0.717) is 15.6 Å². The number of carbonyl (C=O) groups excluding carboxylic acids is 1. The largest absolute Gasteiger partial charge is 0.394 e. The summed E-state index contributed by atoms with van der Waals surface area (Å²) in [5.74, 6) is 0.691. The van der Waals surface area contributed by atoms with Crippen molar-refractivity contribution in [2.75, 3.05) is 18.6 Å². The molecule has 1 heterocycles. The summed E-state index contributed by atoms with van der Waals surface area (Å²) in [4.78, 5) is 17.5. The first kappa shape index (κ1) is 18.3. The number of benzene rings is 1. The molecule has 0 aliphatic carbocycles. The van der Waals surface area contributed by atoms with Crippen LogP contribution in [-0.2, 0) is 0 Å². The van der Waals surface area contributed by atoms with Gasteiger partial charge in [0.25, 0.3) is 5.91 Å². The highest BCUT2D eigenvalue weighted by molar-refractivity contribution is 7.98. The zero-order valence-corrected chi connectivity index (χ0v) is 15.4. The monoisotopic (exact) mass is 370 g/mol. The smallest absolute Gasteiger partial charge is 0.263 e. The van der Waals surface area contributed by atoms with Crippen molar-refractivity contribution < 1.29 is 9.90 Å². The summed E-state index contributed by atoms with van der Waals surface area (Å²) in [6, 6.07) is 7.20. The number of carbonyl (C=O) groups is 1. The van der Waals surface area contributed by atoms with E-state index in [1.165, 1.54) is 11.3 Å². The molecule has 2 N–H and O–H groups in total. The van der Waals surface area contributed by atoms with Gasteiger partial charge in [-0.1, -0.05) is 29.8 Å². The molecule has 23 heavy (non-hydrogen) atoms. The Kier molecular flexibility index (Phi) is 6.89. The van der Waals surface area contributed by atoms with E-state index in [-0.39, 0.29) is 18.6 Å². The summed E-state index contributed by atoms with van der Waals surface area (Å²) < 4.78 is 0. The van der Waals surface area contributed by atoms with Crippen LogP contribution in [-0.4, -0.2) is 40.7 Å². The number of amides is 1. The van der Waals surface area contributed by atoms with Crippen LogP contribution in [0.15, 0.2) is 24.3 Å². The van der Waals surface area contributed by atoms with Crippen LogP contribution in [0.3, 0.4) is 0 Å². The third kappa shape index (κ3) is 4.70. The number of halogens is 1. The van der Waals surface area contributed by atoms with Gasteiger partial charge in [-0.3, -0.25) is 4.79 Å². The zero-order valence-electron chi connectivity index (χ0n) is 13.0. The second kappa shape index (κ2) is 8.68. The van der Waals surface area contributed by atoms with Gasteiger partial charge in [-0.25, -0.2) is 4.98 Å². The molecule has 7 heteroatoms. The van der Waals surface area contributed by atoms with Crippen LogP contribution >= 0.6 is 34.7 Å². The normalized spacial score (nSPS) is 12.2. The number of aromatic nitrogens is 1. The predicted octanol–water partition coefficient (Wildman–Crippen LogP) is 3.62. The number of nitrogens with one attached hydrogen (secondary N) is 1. The van der Waals surface area contributed by atoms with Gasteiger partial charge in [-0.15, -0.1) is 11.3 Å². The first-order valence-electron chi connectivity index (χ1n) is 7.19. The number of aliphatic hydroxyl groups is 1. The maximum Gasteiger partial charge on any atom is 0.263 e. The SMILES string of the molecule is CSCC[C@@H](CO)NC(=O)c1sc(-c2ccccc2Cl)nc1C. The van der Waals surface area contributed by atoms with Gasteiger partial charge in [0.1, 0.15) is 9.88 Å². The van der Waals surface area contributed by atoms with E-state index in [4.69, 9.17) is 11.6 Å². The molecule has 1 atom stereocenters. The number of thioether (sulfide) groups is 1. The molecular weight excluding hydrogens is 352 g/mol. The number of nitrogens with zero attached hydrogens (tertiary/aromatic N) is 1. The van der Waals surface area contributed by atoms with Gasteiger partial charge < -0.3 is 10.4 Å². The maximum atomic E-state index is 12.4. The summed E-state index contributed by atoms with van der Waals surface area (Å²) in [6.07, 6.45) is 2.73. The lowest BCUT2D eigenvalue weighted by molar-refractivity contribution is 0.0918. The average Bonchev–Trinajstić information content (AvgIpc) is 2.93. The van der Waals surface area contributed by atoms with E-state index >= 15 is 0 Å². The number of rotatable bonds is 7. The van der Waals surface area contributed by atoms with Crippen LogP contribution in [0, 0.1) is 6.92 Å². The summed E-state index contributed by atoms with van der Waals surface area (Å²) in [5.41, 5.74) is 1.49. The zero-order chi connectivity index (χ0) is 16.8. The predicted molar refractivity (Wildman–Crippen MR) is 98.6 cm³/mol. The Bertz CT molecular complexity index is 676. The minimum Gasteiger partial charge on any atom is -0.394 e. The molecule has 2 rings (SSSR count). The molecule has 1 aromatic heterocycles. The molecule has 124 valence electrons. The summed E-state index contributed by atoms with van der Waals surface area (Å²) in [6.45, 7) is 1.74. The van der Waals surface area contributed by atoms with Crippen molar-refractivity contribution in [3.63, 3.8) is 0 Å². The van der Waals surface area contributed by atoms with E-state index in [1.807, 2.05) is 31.4 Å². The molecule has 0 aliphatic heterocycles. The standard InChI is InChI=1S/C16H19ClN2O2S2/c1-10-14(15(21)19-11(9-20)7-8-22-2)23-16(18-10)12-5-3-4-6-13(12)17/h3-6,11,20H,7-9H2,1-2H3,(H,19,21)/t11-/m0/s1. The molecule has 4 nitrogen and oxygen atoms in total. The van der Waals surface area contributed by atoms with Crippen LogP contribution < -0.4 is 5.32 Å². The number of hydrogen-bond donors (Lipinski definition) is 2. The van der Waals surface area contributed by atoms with E-state index in [0.717, 1.165) is 22.7 Å². The van der Waals surface area contributed by atoms with Crippen LogP contribution in [0.1, 0.15) is 21.8 Å². The van der Waals surface area contributed by atoms with Gasteiger partial charge in [-0.05, 0) is 31.4 Å². The second-order valence-corrected chi connectivity index (χ2v) is 7.44. The van der Waals surface area contributed by atoms with Crippen LogP contribution in [0.2, 0.25) is 5.02 Å². The molecule has 1 amide bonds. The maximum absolute atomic E-state index is 12.4. The topological polar surface area (TPSA) is 62.2 Å². The van der Waals surface area contributed by atoms with Gasteiger partial charge in [0.15, 0.2) is 0 Å². The van der Waals surface area contributed by atoms with Crippen molar-refractivity contribution in [2.45, 2.75) is 19.4 Å². The van der Waals surface area contributed by atoms with E-state index in [1.54, 1.807) is 17.8 Å². The van der Waals surface area contributed by atoms with Crippen LogP contribution in [0.5, 0.6) is 0 Å². The number of thiazole rings is 1. The average molecular weight is 371 g/mol. The van der Waals surface area contributed by atoms with Crippen molar-refractivity contribution in [1.82, 2.24) is 10.3 Å². The fourth-order valence-electron chi connectivity index (χ4n) is 2.08. The summed E-state index contributed by atoms with van der Waals surface area (Å²) >= 11 is 9.20. The van der Waals surface area contributed by atoms with Crippen molar-refractivity contribution in [1.29, 1.82) is 0 Å².